The Morgan fingerprint density at radius 3 is 2.87 bits per heavy atom. The Labute approximate surface area is 175 Å². The number of H-pyrrole nitrogens is 1. The molecule has 7 nitrogen and oxygen atoms in total. The lowest BCUT2D eigenvalue weighted by Crippen LogP contribution is -2.49. The van der Waals surface area contributed by atoms with Gasteiger partial charge in [0.15, 0.2) is 0 Å². The number of fused-ring (bicyclic) bond motifs is 3. The molecule has 7 heteroatoms. The number of terminal acetylenes is 1. The molecular formula is C23H27N5O2. The summed E-state index contributed by atoms with van der Waals surface area (Å²) in [5, 5.41) is 1.11. The lowest BCUT2D eigenvalue weighted by molar-refractivity contribution is 0.0724. The number of hydrogen-bond acceptors (Lipinski definition) is 4. The minimum Gasteiger partial charge on any atom is -0.450 e. The number of nitrogens with one attached hydrogen (secondary N) is 1. The number of nitrogens with zero attached hydrogens (tertiary/aromatic N) is 4. The van der Waals surface area contributed by atoms with Gasteiger partial charge in [-0.25, -0.2) is 14.8 Å². The van der Waals surface area contributed by atoms with Gasteiger partial charge in [0.05, 0.1) is 24.2 Å². The standard InChI is InChI=1S/C23H27N5O2/c1-3-5-15-6-8-17(9-7-15)28-20-18-10-11-24-21(18)25-12-19(20)26-22(28)16-13-27(14-16)23(29)30-4-2/h1,10-12,15-17H,4-9,13-14H2,2H3,(H,24,25). The van der Waals surface area contributed by atoms with Crippen LogP contribution in [0.2, 0.25) is 0 Å². The summed E-state index contributed by atoms with van der Waals surface area (Å²) in [5.74, 6) is 4.75. The molecule has 2 fully saturated rings. The van der Waals surface area contributed by atoms with E-state index in [0.717, 1.165) is 60.0 Å². The monoisotopic (exact) mass is 405 g/mol. The molecule has 0 atom stereocenters. The Morgan fingerprint density at radius 1 is 1.33 bits per heavy atom. The van der Waals surface area contributed by atoms with Gasteiger partial charge in [-0.05, 0) is 44.6 Å². The Balaban J connectivity index is 1.50. The second kappa shape index (κ2) is 7.67. The molecular weight excluding hydrogens is 378 g/mol. The zero-order chi connectivity index (χ0) is 20.7. The SMILES string of the molecule is C#CCC1CCC(n2c(C3CN(C(=O)OCC)C3)nc3cnc4[nH]ccc4c32)CC1. The fourth-order valence-electron chi connectivity index (χ4n) is 5.05. The van der Waals surface area contributed by atoms with Crippen molar-refractivity contribution < 1.29 is 9.53 Å². The molecule has 0 unspecified atom stereocenters. The van der Waals surface area contributed by atoms with Crippen molar-refractivity contribution in [3.63, 3.8) is 0 Å². The summed E-state index contributed by atoms with van der Waals surface area (Å²) in [5.41, 5.74) is 2.97. The van der Waals surface area contributed by atoms with Crippen LogP contribution in [-0.4, -0.2) is 50.2 Å². The van der Waals surface area contributed by atoms with Crippen LogP contribution in [0.15, 0.2) is 18.5 Å². The first-order valence-electron chi connectivity index (χ1n) is 10.9. The van der Waals surface area contributed by atoms with Crippen molar-refractivity contribution in [2.24, 2.45) is 5.92 Å². The zero-order valence-electron chi connectivity index (χ0n) is 17.3. The molecule has 1 amide bonds. The van der Waals surface area contributed by atoms with Crippen LogP contribution in [0.4, 0.5) is 4.79 Å². The van der Waals surface area contributed by atoms with E-state index in [-0.39, 0.29) is 12.0 Å². The third-order valence-corrected chi connectivity index (χ3v) is 6.62. The lowest BCUT2D eigenvalue weighted by Gasteiger charge is -2.39. The van der Waals surface area contributed by atoms with Gasteiger partial charge in [0.25, 0.3) is 0 Å². The highest BCUT2D eigenvalue weighted by molar-refractivity contribution is 6.01. The van der Waals surface area contributed by atoms with E-state index in [9.17, 15) is 4.79 Å². The van der Waals surface area contributed by atoms with Gasteiger partial charge < -0.3 is 19.2 Å². The number of aromatic nitrogens is 4. The molecule has 30 heavy (non-hydrogen) atoms. The molecule has 1 aliphatic heterocycles. The van der Waals surface area contributed by atoms with Gasteiger partial charge >= 0.3 is 6.09 Å². The summed E-state index contributed by atoms with van der Waals surface area (Å²) in [6.45, 7) is 3.54. The van der Waals surface area contributed by atoms with Crippen molar-refractivity contribution in [1.82, 2.24) is 24.4 Å². The first-order valence-corrected chi connectivity index (χ1v) is 10.9. The van der Waals surface area contributed by atoms with Crippen molar-refractivity contribution >= 4 is 28.2 Å². The Kier molecular flexibility index (Phi) is 4.86. The Hall–Kier alpha value is -3.01. The molecule has 156 valence electrons. The number of carbonyl (C=O) groups is 1. The summed E-state index contributed by atoms with van der Waals surface area (Å²) in [4.78, 5) is 26.6. The van der Waals surface area contributed by atoms with Crippen molar-refractivity contribution in [3.05, 3.63) is 24.3 Å². The van der Waals surface area contributed by atoms with Crippen molar-refractivity contribution in [2.75, 3.05) is 19.7 Å². The highest BCUT2D eigenvalue weighted by Gasteiger charge is 2.38. The molecule has 2 aliphatic rings. The number of amides is 1. The number of carbonyl (C=O) groups excluding carboxylic acids is 1. The van der Waals surface area contributed by atoms with Crippen LogP contribution >= 0.6 is 0 Å². The summed E-state index contributed by atoms with van der Waals surface area (Å²) in [7, 11) is 0. The van der Waals surface area contributed by atoms with Gasteiger partial charge in [-0.3, -0.25) is 0 Å². The lowest BCUT2D eigenvalue weighted by atomic mass is 9.84. The molecule has 3 aromatic heterocycles. The van der Waals surface area contributed by atoms with Gasteiger partial charge in [-0.15, -0.1) is 12.3 Å². The summed E-state index contributed by atoms with van der Waals surface area (Å²) >= 11 is 0. The molecule has 0 aromatic carbocycles. The first-order chi connectivity index (χ1) is 14.7. The van der Waals surface area contributed by atoms with E-state index in [1.807, 2.05) is 19.3 Å². The highest BCUT2D eigenvalue weighted by atomic mass is 16.6. The fourth-order valence-corrected chi connectivity index (χ4v) is 5.05. The predicted octanol–water partition coefficient (Wildman–Crippen LogP) is 4.22. The maximum Gasteiger partial charge on any atom is 0.409 e. The molecule has 0 bridgehead atoms. The third kappa shape index (κ3) is 3.11. The Morgan fingerprint density at radius 2 is 2.13 bits per heavy atom. The minimum absolute atomic E-state index is 0.222. The minimum atomic E-state index is -0.235. The van der Waals surface area contributed by atoms with E-state index in [0.29, 0.717) is 31.7 Å². The summed E-state index contributed by atoms with van der Waals surface area (Å²) < 4.78 is 7.60. The molecule has 3 aromatic rings. The number of aromatic amines is 1. The number of hydrogen-bond donors (Lipinski definition) is 1. The molecule has 5 rings (SSSR count). The average molecular weight is 406 g/mol. The van der Waals surface area contributed by atoms with Crippen LogP contribution < -0.4 is 0 Å². The largest absolute Gasteiger partial charge is 0.450 e. The van der Waals surface area contributed by atoms with Gasteiger partial charge in [0.2, 0.25) is 0 Å². The molecule has 0 radical (unpaired) electrons. The fraction of sp³-hybridized carbons (Fsp3) is 0.522. The predicted molar refractivity (Wildman–Crippen MR) is 115 cm³/mol. The van der Waals surface area contributed by atoms with Gasteiger partial charge in [0, 0.05) is 37.1 Å². The van der Waals surface area contributed by atoms with E-state index in [1.54, 1.807) is 4.90 Å². The quantitative estimate of drug-likeness (QED) is 0.659. The summed E-state index contributed by atoms with van der Waals surface area (Å²) in [6, 6.07) is 2.48. The molecule has 1 aliphatic carbocycles. The number of likely N-dealkylation sites (tertiary alicyclic amines) is 1. The van der Waals surface area contributed by atoms with Crippen LogP contribution in [-0.2, 0) is 4.74 Å². The average Bonchev–Trinajstić information content (AvgIpc) is 3.32. The van der Waals surface area contributed by atoms with Gasteiger partial charge in [-0.2, -0.15) is 0 Å². The van der Waals surface area contributed by atoms with Crippen LogP contribution in [0, 0.1) is 18.3 Å². The van der Waals surface area contributed by atoms with E-state index in [2.05, 4.69) is 26.5 Å². The molecule has 1 saturated carbocycles. The number of imidazole rings is 1. The van der Waals surface area contributed by atoms with Gasteiger partial charge in [0.1, 0.15) is 17.0 Å². The molecule has 0 spiro atoms. The van der Waals surface area contributed by atoms with E-state index in [4.69, 9.17) is 16.1 Å². The highest BCUT2D eigenvalue weighted by Crippen LogP contribution is 2.40. The van der Waals surface area contributed by atoms with Crippen molar-refractivity contribution in [2.45, 2.75) is 51.0 Å². The maximum absolute atomic E-state index is 12.0. The number of pyridine rings is 1. The van der Waals surface area contributed by atoms with Crippen LogP contribution in [0.5, 0.6) is 0 Å². The second-order valence-electron chi connectivity index (χ2n) is 8.46. The van der Waals surface area contributed by atoms with E-state index in [1.165, 1.54) is 0 Å². The second-order valence-corrected chi connectivity index (χ2v) is 8.46. The smallest absolute Gasteiger partial charge is 0.409 e. The van der Waals surface area contributed by atoms with E-state index >= 15 is 0 Å². The third-order valence-electron chi connectivity index (χ3n) is 6.62. The van der Waals surface area contributed by atoms with Crippen LogP contribution in [0.1, 0.15) is 56.8 Å². The maximum atomic E-state index is 12.0. The summed E-state index contributed by atoms with van der Waals surface area (Å²) in [6.07, 6.45) is 14.5. The van der Waals surface area contributed by atoms with E-state index < -0.39 is 0 Å². The van der Waals surface area contributed by atoms with Crippen molar-refractivity contribution in [3.8, 4) is 12.3 Å². The number of ether oxygens (including phenoxy) is 1. The first kappa shape index (κ1) is 19.0. The van der Waals surface area contributed by atoms with Crippen molar-refractivity contribution in [1.29, 1.82) is 0 Å². The normalized spacial score (nSPS) is 22.2. The van der Waals surface area contributed by atoms with Crippen LogP contribution in [0.25, 0.3) is 22.1 Å². The molecule has 1 saturated heterocycles. The topological polar surface area (TPSA) is 76.0 Å². The number of rotatable bonds is 4. The zero-order valence-corrected chi connectivity index (χ0v) is 17.3. The van der Waals surface area contributed by atoms with Crippen LogP contribution in [0.3, 0.4) is 0 Å². The van der Waals surface area contributed by atoms with Gasteiger partial charge in [-0.1, -0.05) is 0 Å². The molecule has 4 heterocycles. The molecule has 1 N–H and O–H groups in total. The Bertz CT molecular complexity index is 1110.